The van der Waals surface area contributed by atoms with Crippen LogP contribution in [0.25, 0.3) is 0 Å². The molecule has 0 aliphatic carbocycles. The minimum absolute atomic E-state index is 0.0485. The molecular formula is C12H9BrN2O3. The first-order valence-electron chi connectivity index (χ1n) is 5.05. The van der Waals surface area contributed by atoms with Gasteiger partial charge in [-0.25, -0.2) is 9.78 Å². The minimum Gasteiger partial charge on any atom is -0.478 e. The quantitative estimate of drug-likeness (QED) is 0.943. The van der Waals surface area contributed by atoms with Crippen LogP contribution < -0.4 is 4.74 Å². The maximum Gasteiger partial charge on any atom is 0.339 e. The number of carbonyl (C=O) groups is 1. The largest absolute Gasteiger partial charge is 0.478 e. The third-order valence-corrected chi connectivity index (χ3v) is 3.08. The summed E-state index contributed by atoms with van der Waals surface area (Å²) in [5.74, 6) is -0.577. The molecule has 2 aromatic heterocycles. The molecule has 0 atom stereocenters. The number of carboxylic acids is 1. The van der Waals surface area contributed by atoms with E-state index in [1.807, 2.05) is 6.92 Å². The highest BCUT2D eigenvalue weighted by molar-refractivity contribution is 9.10. The summed E-state index contributed by atoms with van der Waals surface area (Å²) in [6.07, 6.45) is 4.35. The van der Waals surface area contributed by atoms with E-state index < -0.39 is 5.97 Å². The third-order valence-electron chi connectivity index (χ3n) is 2.25. The fourth-order valence-electron chi connectivity index (χ4n) is 1.32. The molecule has 0 bridgehead atoms. The fourth-order valence-corrected chi connectivity index (χ4v) is 1.54. The van der Waals surface area contributed by atoms with Gasteiger partial charge in [0.15, 0.2) is 5.75 Å². The first-order valence-corrected chi connectivity index (χ1v) is 5.84. The first-order chi connectivity index (χ1) is 8.58. The number of aryl methyl sites for hydroxylation is 1. The Bertz CT molecular complexity index is 602. The lowest BCUT2D eigenvalue weighted by atomic mass is 10.2. The molecule has 18 heavy (non-hydrogen) atoms. The summed E-state index contributed by atoms with van der Waals surface area (Å²) >= 11 is 3.33. The molecule has 0 amide bonds. The van der Waals surface area contributed by atoms with E-state index in [1.165, 1.54) is 18.5 Å². The summed E-state index contributed by atoms with van der Waals surface area (Å²) in [7, 11) is 0. The molecule has 2 aromatic rings. The molecule has 6 heteroatoms. The van der Waals surface area contributed by atoms with Crippen LogP contribution in [-0.4, -0.2) is 21.0 Å². The SMILES string of the molecule is Cc1cc(Oc2cnccc2C(=O)O)ncc1Br. The zero-order valence-electron chi connectivity index (χ0n) is 9.42. The van der Waals surface area contributed by atoms with Gasteiger partial charge in [0.2, 0.25) is 5.88 Å². The van der Waals surface area contributed by atoms with Crippen molar-refractivity contribution in [2.24, 2.45) is 0 Å². The molecule has 0 fully saturated rings. The molecule has 2 rings (SSSR count). The summed E-state index contributed by atoms with van der Waals surface area (Å²) in [5, 5.41) is 9.01. The van der Waals surface area contributed by atoms with Gasteiger partial charge in [-0.3, -0.25) is 4.98 Å². The van der Waals surface area contributed by atoms with Crippen molar-refractivity contribution in [3.05, 3.63) is 46.3 Å². The number of rotatable bonds is 3. The van der Waals surface area contributed by atoms with E-state index in [0.717, 1.165) is 10.0 Å². The minimum atomic E-state index is -1.07. The Morgan fingerprint density at radius 2 is 2.22 bits per heavy atom. The van der Waals surface area contributed by atoms with E-state index in [9.17, 15) is 4.79 Å². The topological polar surface area (TPSA) is 72.3 Å². The van der Waals surface area contributed by atoms with Gasteiger partial charge < -0.3 is 9.84 Å². The second-order valence-corrected chi connectivity index (χ2v) is 4.41. The summed E-state index contributed by atoms with van der Waals surface area (Å²) in [5.41, 5.74) is 0.994. The molecule has 0 aliphatic rings. The number of aromatic nitrogens is 2. The molecular weight excluding hydrogens is 300 g/mol. The van der Waals surface area contributed by atoms with Crippen LogP contribution >= 0.6 is 15.9 Å². The molecule has 1 N–H and O–H groups in total. The lowest BCUT2D eigenvalue weighted by Crippen LogP contribution is -2.01. The maximum absolute atomic E-state index is 11.0. The van der Waals surface area contributed by atoms with Crippen molar-refractivity contribution in [3.63, 3.8) is 0 Å². The number of pyridine rings is 2. The van der Waals surface area contributed by atoms with Crippen LogP contribution in [0.2, 0.25) is 0 Å². The maximum atomic E-state index is 11.0. The first kappa shape index (κ1) is 12.5. The molecule has 0 aromatic carbocycles. The molecule has 2 heterocycles. The van der Waals surface area contributed by atoms with Gasteiger partial charge in [-0.2, -0.15) is 0 Å². The zero-order chi connectivity index (χ0) is 13.1. The standard InChI is InChI=1S/C12H9BrN2O3/c1-7-4-11(15-5-9(7)13)18-10-6-14-3-2-8(10)12(16)17/h2-6H,1H3,(H,16,17). The number of hydrogen-bond donors (Lipinski definition) is 1. The second-order valence-electron chi connectivity index (χ2n) is 3.55. The van der Waals surface area contributed by atoms with Crippen molar-refractivity contribution in [1.29, 1.82) is 0 Å². The van der Waals surface area contributed by atoms with Gasteiger partial charge in [0.25, 0.3) is 0 Å². The molecule has 92 valence electrons. The zero-order valence-corrected chi connectivity index (χ0v) is 11.0. The van der Waals surface area contributed by atoms with E-state index in [2.05, 4.69) is 25.9 Å². The van der Waals surface area contributed by atoms with E-state index in [1.54, 1.807) is 12.3 Å². The molecule has 0 aliphatic heterocycles. The Morgan fingerprint density at radius 3 is 2.89 bits per heavy atom. The van der Waals surface area contributed by atoms with Crippen LogP contribution in [-0.2, 0) is 0 Å². The van der Waals surface area contributed by atoms with Crippen molar-refractivity contribution in [2.45, 2.75) is 6.92 Å². The molecule has 0 saturated heterocycles. The Hall–Kier alpha value is -1.95. The van der Waals surface area contributed by atoms with Gasteiger partial charge >= 0.3 is 5.97 Å². The van der Waals surface area contributed by atoms with E-state index in [-0.39, 0.29) is 11.3 Å². The molecule has 5 nitrogen and oxygen atoms in total. The number of carboxylic acid groups (broad SMARTS) is 1. The lowest BCUT2D eigenvalue weighted by Gasteiger charge is -2.07. The monoisotopic (exact) mass is 308 g/mol. The molecule has 0 radical (unpaired) electrons. The number of nitrogens with zero attached hydrogens (tertiary/aromatic N) is 2. The molecule has 0 saturated carbocycles. The van der Waals surface area contributed by atoms with Crippen LogP contribution in [0.15, 0.2) is 35.2 Å². The summed E-state index contributed by atoms with van der Waals surface area (Å²) in [6, 6.07) is 3.09. The normalized spacial score (nSPS) is 10.1. The number of ether oxygens (including phenoxy) is 1. The van der Waals surface area contributed by atoms with Gasteiger partial charge in [0.1, 0.15) is 5.56 Å². The smallest absolute Gasteiger partial charge is 0.339 e. The fraction of sp³-hybridized carbons (Fsp3) is 0.0833. The number of hydrogen-bond acceptors (Lipinski definition) is 4. The van der Waals surface area contributed by atoms with Crippen molar-refractivity contribution >= 4 is 21.9 Å². The van der Waals surface area contributed by atoms with Crippen molar-refractivity contribution in [1.82, 2.24) is 9.97 Å². The van der Waals surface area contributed by atoms with E-state index >= 15 is 0 Å². The van der Waals surface area contributed by atoms with Gasteiger partial charge in [-0.1, -0.05) is 0 Å². The summed E-state index contributed by atoms with van der Waals surface area (Å²) in [6.45, 7) is 1.89. The van der Waals surface area contributed by atoms with Crippen molar-refractivity contribution in [3.8, 4) is 11.6 Å². The van der Waals surface area contributed by atoms with Gasteiger partial charge in [-0.05, 0) is 34.5 Å². The predicted octanol–water partition coefficient (Wildman–Crippen LogP) is 3.04. The van der Waals surface area contributed by atoms with Crippen LogP contribution in [0.4, 0.5) is 0 Å². The predicted molar refractivity (Wildman–Crippen MR) is 67.9 cm³/mol. The Balaban J connectivity index is 2.34. The molecule has 0 spiro atoms. The average molecular weight is 309 g/mol. The van der Waals surface area contributed by atoms with Crippen LogP contribution in [0, 0.1) is 6.92 Å². The highest BCUT2D eigenvalue weighted by Crippen LogP contribution is 2.25. The van der Waals surface area contributed by atoms with Gasteiger partial charge in [0.05, 0.1) is 6.20 Å². The molecule has 0 unspecified atom stereocenters. The highest BCUT2D eigenvalue weighted by Gasteiger charge is 2.12. The Kier molecular flexibility index (Phi) is 3.57. The van der Waals surface area contributed by atoms with Crippen LogP contribution in [0.1, 0.15) is 15.9 Å². The van der Waals surface area contributed by atoms with E-state index in [4.69, 9.17) is 9.84 Å². The third kappa shape index (κ3) is 2.65. The summed E-state index contributed by atoms with van der Waals surface area (Å²) < 4.78 is 6.29. The second kappa shape index (κ2) is 5.14. The van der Waals surface area contributed by atoms with E-state index in [0.29, 0.717) is 5.88 Å². The Labute approximate surface area is 112 Å². The van der Waals surface area contributed by atoms with Crippen molar-refractivity contribution in [2.75, 3.05) is 0 Å². The van der Waals surface area contributed by atoms with Gasteiger partial charge in [-0.15, -0.1) is 0 Å². The number of halogens is 1. The van der Waals surface area contributed by atoms with Gasteiger partial charge in [0, 0.05) is 22.9 Å². The van der Waals surface area contributed by atoms with Crippen LogP contribution in [0.5, 0.6) is 11.6 Å². The number of aromatic carboxylic acids is 1. The van der Waals surface area contributed by atoms with Crippen LogP contribution in [0.3, 0.4) is 0 Å². The Morgan fingerprint density at radius 1 is 1.44 bits per heavy atom. The van der Waals surface area contributed by atoms with Crippen molar-refractivity contribution < 1.29 is 14.6 Å². The average Bonchev–Trinajstić information content (AvgIpc) is 2.34. The summed E-state index contributed by atoms with van der Waals surface area (Å²) in [4.78, 5) is 18.9. The lowest BCUT2D eigenvalue weighted by molar-refractivity contribution is 0.0694. The highest BCUT2D eigenvalue weighted by atomic mass is 79.9.